The molecule has 20 heavy (non-hydrogen) atoms. The Morgan fingerprint density at radius 3 is 2.35 bits per heavy atom. The molecule has 5 nitrogen and oxygen atoms in total. The van der Waals surface area contributed by atoms with Crippen LogP contribution in [0.25, 0.3) is 0 Å². The van der Waals surface area contributed by atoms with E-state index < -0.39 is 5.97 Å². The monoisotopic (exact) mass is 272 g/mol. The predicted molar refractivity (Wildman–Crippen MR) is 74.2 cm³/mol. The number of carbonyl (C=O) groups is 1. The Hall–Kier alpha value is -2.43. The third kappa shape index (κ3) is 3.32. The fourth-order valence-corrected chi connectivity index (χ4v) is 1.68. The molecule has 1 heterocycles. The summed E-state index contributed by atoms with van der Waals surface area (Å²) in [6, 6.07) is 7.86. The van der Waals surface area contributed by atoms with Crippen molar-refractivity contribution < 1.29 is 14.6 Å². The van der Waals surface area contributed by atoms with Gasteiger partial charge in [0.2, 0.25) is 0 Å². The molecule has 0 aliphatic heterocycles. The first kappa shape index (κ1) is 14.0. The second-order valence-corrected chi connectivity index (χ2v) is 4.54. The molecule has 0 radical (unpaired) electrons. The molecule has 5 heteroatoms. The number of aromatic nitrogens is 2. The highest BCUT2D eigenvalue weighted by Gasteiger charge is 2.07. The average Bonchev–Trinajstić information content (AvgIpc) is 2.48. The average molecular weight is 272 g/mol. The molecular weight excluding hydrogens is 256 g/mol. The molecule has 0 saturated carbocycles. The van der Waals surface area contributed by atoms with Crippen LogP contribution in [0.3, 0.4) is 0 Å². The lowest BCUT2D eigenvalue weighted by Crippen LogP contribution is -2.00. The molecule has 2 aromatic rings. The summed E-state index contributed by atoms with van der Waals surface area (Å²) in [6.45, 7) is 4.32. The maximum Gasteiger partial charge on any atom is 0.338 e. The molecule has 0 spiro atoms. The Morgan fingerprint density at radius 1 is 1.25 bits per heavy atom. The van der Waals surface area contributed by atoms with E-state index in [2.05, 4.69) is 23.8 Å². The highest BCUT2D eigenvalue weighted by molar-refractivity contribution is 5.86. The van der Waals surface area contributed by atoms with Crippen molar-refractivity contribution in [1.29, 1.82) is 0 Å². The minimum Gasteiger partial charge on any atom is -0.478 e. The quantitative estimate of drug-likeness (QED) is 0.902. The van der Waals surface area contributed by atoms with Crippen LogP contribution in [0.2, 0.25) is 0 Å². The molecule has 1 aromatic carbocycles. The third-order valence-corrected chi connectivity index (χ3v) is 3.15. The summed E-state index contributed by atoms with van der Waals surface area (Å²) in [4.78, 5) is 18.4. The van der Waals surface area contributed by atoms with Gasteiger partial charge in [-0.1, -0.05) is 26.0 Å². The summed E-state index contributed by atoms with van der Waals surface area (Å²) in [5.74, 6) is 0.0738. The number of nitrogens with zero attached hydrogens (tertiary/aromatic N) is 2. The maximum atomic E-state index is 10.7. The fourth-order valence-electron chi connectivity index (χ4n) is 1.68. The molecule has 0 aliphatic carbocycles. The minimum absolute atomic E-state index is 0.0319. The van der Waals surface area contributed by atoms with Gasteiger partial charge in [-0.2, -0.15) is 0 Å². The molecule has 1 unspecified atom stereocenters. The van der Waals surface area contributed by atoms with Crippen LogP contribution in [0.15, 0.2) is 36.7 Å². The standard InChI is InChI=1S/C15H16N2O3/c1-3-10(2)11-4-6-13(7-5-11)20-15-16-8-12(9-17-15)14(18)19/h4-10H,3H2,1-2H3,(H,18,19). The first-order chi connectivity index (χ1) is 9.60. The van der Waals surface area contributed by atoms with E-state index in [9.17, 15) is 4.79 Å². The van der Waals surface area contributed by atoms with Gasteiger partial charge in [-0.3, -0.25) is 0 Å². The third-order valence-electron chi connectivity index (χ3n) is 3.15. The van der Waals surface area contributed by atoms with E-state index >= 15 is 0 Å². The van der Waals surface area contributed by atoms with Gasteiger partial charge in [0.1, 0.15) is 5.75 Å². The van der Waals surface area contributed by atoms with Crippen molar-refractivity contribution in [2.24, 2.45) is 0 Å². The van der Waals surface area contributed by atoms with Gasteiger partial charge in [0, 0.05) is 12.4 Å². The van der Waals surface area contributed by atoms with Crippen LogP contribution in [0.5, 0.6) is 11.8 Å². The Labute approximate surface area is 117 Å². The van der Waals surface area contributed by atoms with Crippen molar-refractivity contribution in [1.82, 2.24) is 9.97 Å². The summed E-state index contributed by atoms with van der Waals surface area (Å²) in [6.07, 6.45) is 3.52. The fraction of sp³-hybridized carbons (Fsp3) is 0.267. The lowest BCUT2D eigenvalue weighted by atomic mass is 9.99. The summed E-state index contributed by atoms with van der Waals surface area (Å²) in [5, 5.41) is 8.75. The number of ether oxygens (including phenoxy) is 1. The molecule has 1 N–H and O–H groups in total. The number of benzene rings is 1. The van der Waals surface area contributed by atoms with Gasteiger partial charge in [-0.25, -0.2) is 14.8 Å². The topological polar surface area (TPSA) is 72.3 Å². The van der Waals surface area contributed by atoms with Gasteiger partial charge in [0.15, 0.2) is 0 Å². The molecule has 0 bridgehead atoms. The second kappa shape index (κ2) is 6.14. The smallest absolute Gasteiger partial charge is 0.338 e. The lowest BCUT2D eigenvalue weighted by Gasteiger charge is -2.09. The van der Waals surface area contributed by atoms with Gasteiger partial charge in [-0.05, 0) is 30.0 Å². The van der Waals surface area contributed by atoms with E-state index in [0.29, 0.717) is 11.7 Å². The van der Waals surface area contributed by atoms with Gasteiger partial charge < -0.3 is 9.84 Å². The molecule has 1 atom stereocenters. The van der Waals surface area contributed by atoms with Crippen LogP contribution in [0, 0.1) is 0 Å². The Morgan fingerprint density at radius 2 is 1.85 bits per heavy atom. The molecule has 0 fully saturated rings. The summed E-state index contributed by atoms with van der Waals surface area (Å²) >= 11 is 0. The van der Waals surface area contributed by atoms with Gasteiger partial charge >= 0.3 is 12.0 Å². The summed E-state index contributed by atoms with van der Waals surface area (Å²) in [7, 11) is 0. The Balaban J connectivity index is 2.08. The van der Waals surface area contributed by atoms with Crippen LogP contribution in [-0.4, -0.2) is 21.0 Å². The maximum absolute atomic E-state index is 10.7. The summed E-state index contributed by atoms with van der Waals surface area (Å²) in [5.41, 5.74) is 1.28. The van der Waals surface area contributed by atoms with Crippen LogP contribution in [0.4, 0.5) is 0 Å². The Bertz CT molecular complexity index is 579. The van der Waals surface area contributed by atoms with Gasteiger partial charge in [0.25, 0.3) is 0 Å². The van der Waals surface area contributed by atoms with Crippen LogP contribution >= 0.6 is 0 Å². The number of rotatable bonds is 5. The molecular formula is C15H16N2O3. The SMILES string of the molecule is CCC(C)c1ccc(Oc2ncc(C(=O)O)cn2)cc1. The molecule has 0 saturated heterocycles. The number of aromatic carboxylic acids is 1. The normalized spacial score (nSPS) is 11.9. The predicted octanol–water partition coefficient (Wildman–Crippen LogP) is 3.48. The number of hydrogen-bond acceptors (Lipinski definition) is 4. The summed E-state index contributed by atoms with van der Waals surface area (Å²) < 4.78 is 5.47. The van der Waals surface area contributed by atoms with E-state index in [4.69, 9.17) is 9.84 Å². The largest absolute Gasteiger partial charge is 0.478 e. The van der Waals surface area contributed by atoms with Crippen molar-refractivity contribution in [2.75, 3.05) is 0 Å². The lowest BCUT2D eigenvalue weighted by molar-refractivity contribution is 0.0696. The molecule has 0 aliphatic rings. The highest BCUT2D eigenvalue weighted by Crippen LogP contribution is 2.23. The van der Waals surface area contributed by atoms with E-state index in [-0.39, 0.29) is 11.6 Å². The van der Waals surface area contributed by atoms with Crippen molar-refractivity contribution in [3.63, 3.8) is 0 Å². The van der Waals surface area contributed by atoms with Crippen LogP contribution in [0.1, 0.15) is 42.1 Å². The van der Waals surface area contributed by atoms with Gasteiger partial charge in [-0.15, -0.1) is 0 Å². The van der Waals surface area contributed by atoms with Crippen LogP contribution < -0.4 is 4.74 Å². The number of hydrogen-bond donors (Lipinski definition) is 1. The van der Waals surface area contributed by atoms with E-state index in [1.165, 1.54) is 18.0 Å². The number of carboxylic acid groups (broad SMARTS) is 1. The molecule has 0 amide bonds. The van der Waals surface area contributed by atoms with Crippen molar-refractivity contribution >= 4 is 5.97 Å². The first-order valence-corrected chi connectivity index (χ1v) is 6.43. The molecule has 104 valence electrons. The first-order valence-electron chi connectivity index (χ1n) is 6.43. The second-order valence-electron chi connectivity index (χ2n) is 4.54. The Kier molecular flexibility index (Phi) is 4.30. The van der Waals surface area contributed by atoms with E-state index in [1.807, 2.05) is 24.3 Å². The zero-order valence-corrected chi connectivity index (χ0v) is 11.4. The molecule has 2 rings (SSSR count). The van der Waals surface area contributed by atoms with E-state index in [1.54, 1.807) is 0 Å². The zero-order chi connectivity index (χ0) is 14.5. The minimum atomic E-state index is -1.06. The van der Waals surface area contributed by atoms with Gasteiger partial charge in [0.05, 0.1) is 5.56 Å². The van der Waals surface area contributed by atoms with Crippen molar-refractivity contribution in [2.45, 2.75) is 26.2 Å². The van der Waals surface area contributed by atoms with Crippen LogP contribution in [-0.2, 0) is 0 Å². The molecule has 1 aromatic heterocycles. The highest BCUT2D eigenvalue weighted by atomic mass is 16.5. The van der Waals surface area contributed by atoms with Crippen molar-refractivity contribution in [3.05, 3.63) is 47.8 Å². The number of carboxylic acids is 1. The van der Waals surface area contributed by atoms with E-state index in [0.717, 1.165) is 6.42 Å². The van der Waals surface area contributed by atoms with Crippen molar-refractivity contribution in [3.8, 4) is 11.8 Å². The zero-order valence-electron chi connectivity index (χ0n) is 11.4.